The maximum absolute atomic E-state index is 12.2. The molecule has 3 N–H and O–H groups in total. The van der Waals surface area contributed by atoms with Crippen LogP contribution in [0.1, 0.15) is 24.6 Å². The van der Waals surface area contributed by atoms with E-state index in [1.165, 1.54) is 12.8 Å². The van der Waals surface area contributed by atoms with Crippen molar-refractivity contribution in [2.75, 3.05) is 25.0 Å². The first-order valence-corrected chi connectivity index (χ1v) is 7.95. The minimum Gasteiger partial charge on any atom is -0.366 e. The highest BCUT2D eigenvalue weighted by Gasteiger charge is 2.27. The van der Waals surface area contributed by atoms with E-state index in [0.29, 0.717) is 24.9 Å². The Hall–Kier alpha value is -2.25. The summed E-state index contributed by atoms with van der Waals surface area (Å²) in [4.78, 5) is 16.7. The van der Waals surface area contributed by atoms with E-state index in [0.717, 1.165) is 23.6 Å². The second-order valence-electron chi connectivity index (χ2n) is 5.95. The van der Waals surface area contributed by atoms with Crippen LogP contribution in [0.2, 0.25) is 0 Å². The third kappa shape index (κ3) is 3.25. The first-order chi connectivity index (χ1) is 11.3. The lowest BCUT2D eigenvalue weighted by Gasteiger charge is -2.22. The number of aromatic amines is 1. The third-order valence-electron chi connectivity index (χ3n) is 4.08. The maximum atomic E-state index is 12.2. The minimum absolute atomic E-state index is 0.136. The number of nitrogens with one attached hydrogen (secondary N) is 3. The number of ether oxygens (including phenoxy) is 1. The zero-order valence-corrected chi connectivity index (χ0v) is 12.7. The largest absolute Gasteiger partial charge is 0.366 e. The smallest absolute Gasteiger partial charge is 0.254 e. The van der Waals surface area contributed by atoms with Crippen LogP contribution in [0.25, 0.3) is 11.4 Å². The highest BCUT2D eigenvalue weighted by atomic mass is 16.5. The van der Waals surface area contributed by atoms with Crippen LogP contribution in [0.4, 0.5) is 5.69 Å². The Balaban J connectivity index is 1.47. The molecule has 2 fully saturated rings. The molecule has 2 aliphatic rings. The molecular formula is C16H19N5O2. The van der Waals surface area contributed by atoms with Crippen LogP contribution in [0.3, 0.4) is 0 Å². The van der Waals surface area contributed by atoms with E-state index in [2.05, 4.69) is 25.8 Å². The number of morpholine rings is 1. The van der Waals surface area contributed by atoms with E-state index < -0.39 is 6.10 Å². The van der Waals surface area contributed by atoms with Crippen molar-refractivity contribution >= 4 is 11.6 Å². The van der Waals surface area contributed by atoms with Gasteiger partial charge in [0.05, 0.1) is 6.61 Å². The van der Waals surface area contributed by atoms with Gasteiger partial charge < -0.3 is 15.4 Å². The summed E-state index contributed by atoms with van der Waals surface area (Å²) in [6, 6.07) is 7.56. The third-order valence-corrected chi connectivity index (χ3v) is 4.08. The highest BCUT2D eigenvalue weighted by Crippen LogP contribution is 2.38. The lowest BCUT2D eigenvalue weighted by Crippen LogP contribution is -2.45. The first kappa shape index (κ1) is 14.3. The zero-order chi connectivity index (χ0) is 15.6. The number of nitrogens with zero attached hydrogens (tertiary/aromatic N) is 2. The molecule has 7 nitrogen and oxygen atoms in total. The molecule has 1 aliphatic carbocycles. The number of H-pyrrole nitrogens is 1. The van der Waals surface area contributed by atoms with Gasteiger partial charge in [0.15, 0.2) is 5.82 Å². The highest BCUT2D eigenvalue weighted by molar-refractivity contribution is 5.94. The van der Waals surface area contributed by atoms with E-state index in [4.69, 9.17) is 4.74 Å². The molecule has 0 bridgehead atoms. The van der Waals surface area contributed by atoms with Gasteiger partial charge in [0.1, 0.15) is 11.9 Å². The average molecular weight is 313 g/mol. The summed E-state index contributed by atoms with van der Waals surface area (Å²) in [5.74, 6) is 2.02. The van der Waals surface area contributed by atoms with Gasteiger partial charge in [-0.15, -0.1) is 0 Å². The number of carbonyl (C=O) groups excluding carboxylic acids is 1. The monoisotopic (exact) mass is 313 g/mol. The van der Waals surface area contributed by atoms with Crippen LogP contribution in [0.5, 0.6) is 0 Å². The fourth-order valence-corrected chi connectivity index (χ4v) is 2.64. The van der Waals surface area contributed by atoms with E-state index >= 15 is 0 Å². The number of rotatable bonds is 4. The van der Waals surface area contributed by atoms with Crippen molar-refractivity contribution in [1.29, 1.82) is 0 Å². The molecule has 2 heterocycles. The molecule has 7 heteroatoms. The van der Waals surface area contributed by atoms with Gasteiger partial charge in [-0.3, -0.25) is 9.89 Å². The van der Waals surface area contributed by atoms with E-state index in [9.17, 15) is 4.79 Å². The van der Waals surface area contributed by atoms with E-state index in [-0.39, 0.29) is 5.91 Å². The number of amides is 1. The maximum Gasteiger partial charge on any atom is 0.254 e. The molecule has 1 saturated carbocycles. The molecule has 1 aromatic carbocycles. The van der Waals surface area contributed by atoms with Gasteiger partial charge in [-0.05, 0) is 25.0 Å². The molecular weight excluding hydrogens is 294 g/mol. The van der Waals surface area contributed by atoms with Gasteiger partial charge in [0.25, 0.3) is 5.91 Å². The molecule has 1 aliphatic heterocycles. The normalized spacial score (nSPS) is 21.1. The van der Waals surface area contributed by atoms with Crippen LogP contribution in [0, 0.1) is 0 Å². The van der Waals surface area contributed by atoms with E-state index in [1.54, 1.807) is 0 Å². The molecule has 0 radical (unpaired) electrons. The van der Waals surface area contributed by atoms with Gasteiger partial charge in [0, 0.05) is 30.3 Å². The molecule has 1 atom stereocenters. The van der Waals surface area contributed by atoms with Crippen LogP contribution >= 0.6 is 0 Å². The second kappa shape index (κ2) is 6.10. The summed E-state index contributed by atoms with van der Waals surface area (Å²) < 4.78 is 5.46. The Morgan fingerprint density at radius 3 is 3.04 bits per heavy atom. The predicted octanol–water partition coefficient (Wildman–Crippen LogP) is 1.28. The van der Waals surface area contributed by atoms with Crippen molar-refractivity contribution in [3.8, 4) is 11.4 Å². The molecule has 1 saturated heterocycles. The molecule has 0 spiro atoms. The van der Waals surface area contributed by atoms with Crippen molar-refractivity contribution in [1.82, 2.24) is 20.5 Å². The number of benzene rings is 1. The Morgan fingerprint density at radius 2 is 2.26 bits per heavy atom. The molecule has 120 valence electrons. The Bertz CT molecular complexity index is 704. The summed E-state index contributed by atoms with van der Waals surface area (Å²) in [6.07, 6.45) is 1.91. The van der Waals surface area contributed by atoms with Gasteiger partial charge in [-0.2, -0.15) is 5.10 Å². The second-order valence-corrected chi connectivity index (χ2v) is 5.95. The lowest BCUT2D eigenvalue weighted by molar-refractivity contribution is -0.128. The topological polar surface area (TPSA) is 91.9 Å². The summed E-state index contributed by atoms with van der Waals surface area (Å²) in [7, 11) is 0. The van der Waals surface area contributed by atoms with Crippen molar-refractivity contribution in [2.45, 2.75) is 24.9 Å². The van der Waals surface area contributed by atoms with Gasteiger partial charge in [-0.1, -0.05) is 12.1 Å². The molecule has 1 aromatic heterocycles. The van der Waals surface area contributed by atoms with Crippen LogP contribution in [-0.4, -0.2) is 46.9 Å². The number of carbonyl (C=O) groups is 1. The predicted molar refractivity (Wildman–Crippen MR) is 85.0 cm³/mol. The van der Waals surface area contributed by atoms with E-state index in [1.807, 2.05) is 24.3 Å². The summed E-state index contributed by atoms with van der Waals surface area (Å²) >= 11 is 0. The first-order valence-electron chi connectivity index (χ1n) is 7.95. The number of hydrogen-bond acceptors (Lipinski definition) is 5. The quantitative estimate of drug-likeness (QED) is 0.791. The van der Waals surface area contributed by atoms with Crippen molar-refractivity contribution < 1.29 is 9.53 Å². The van der Waals surface area contributed by atoms with Gasteiger partial charge in [-0.25, -0.2) is 4.98 Å². The number of aromatic nitrogens is 3. The fourth-order valence-electron chi connectivity index (χ4n) is 2.64. The lowest BCUT2D eigenvalue weighted by atomic mass is 10.2. The average Bonchev–Trinajstić information content (AvgIpc) is 3.33. The molecule has 4 rings (SSSR count). The van der Waals surface area contributed by atoms with Crippen molar-refractivity contribution in [3.05, 3.63) is 30.1 Å². The summed E-state index contributed by atoms with van der Waals surface area (Å²) in [5.41, 5.74) is 1.60. The van der Waals surface area contributed by atoms with Crippen LogP contribution in [0.15, 0.2) is 24.3 Å². The van der Waals surface area contributed by atoms with Gasteiger partial charge >= 0.3 is 0 Å². The Morgan fingerprint density at radius 1 is 1.35 bits per heavy atom. The minimum atomic E-state index is -0.447. The molecule has 23 heavy (non-hydrogen) atoms. The van der Waals surface area contributed by atoms with Crippen molar-refractivity contribution in [2.24, 2.45) is 0 Å². The van der Waals surface area contributed by atoms with Crippen molar-refractivity contribution in [3.63, 3.8) is 0 Å². The zero-order valence-electron chi connectivity index (χ0n) is 12.7. The van der Waals surface area contributed by atoms with Crippen LogP contribution in [-0.2, 0) is 9.53 Å². The Labute approximate surface area is 133 Å². The fraction of sp³-hybridized carbons (Fsp3) is 0.438. The van der Waals surface area contributed by atoms with Gasteiger partial charge in [0.2, 0.25) is 0 Å². The summed E-state index contributed by atoms with van der Waals surface area (Å²) in [5, 5.41) is 13.3. The standard InChI is InChI=1S/C16H19N5O2/c22-16(13-9-17-6-7-23-13)18-12-3-1-2-11(8-12)15-19-14(20-21-15)10-4-5-10/h1-3,8,10,13,17H,4-7,9H2,(H,18,22)(H,19,20,21). The SMILES string of the molecule is O=C(Nc1cccc(-c2n[nH]c(C3CC3)n2)c1)C1CNCCO1. The molecule has 1 unspecified atom stereocenters. The number of hydrogen-bond donors (Lipinski definition) is 3. The number of anilines is 1. The Kier molecular flexibility index (Phi) is 3.80. The van der Waals surface area contributed by atoms with Crippen LogP contribution < -0.4 is 10.6 Å². The molecule has 1 amide bonds. The molecule has 2 aromatic rings. The summed E-state index contributed by atoms with van der Waals surface area (Å²) in [6.45, 7) is 1.88.